The fourth-order valence-corrected chi connectivity index (χ4v) is 2.22. The van der Waals surface area contributed by atoms with E-state index in [1.807, 2.05) is 54.6 Å². The van der Waals surface area contributed by atoms with E-state index >= 15 is 0 Å². The van der Waals surface area contributed by atoms with Gasteiger partial charge >= 0.3 is 5.97 Å². The highest BCUT2D eigenvalue weighted by molar-refractivity contribution is 5.97. The second-order valence-electron chi connectivity index (χ2n) is 4.72. The van der Waals surface area contributed by atoms with Crippen LogP contribution in [0.1, 0.15) is 16.1 Å². The first kappa shape index (κ1) is 13.1. The predicted octanol–water partition coefficient (Wildman–Crippen LogP) is 3.55. The predicted molar refractivity (Wildman–Crippen MR) is 82.5 cm³/mol. The zero-order chi connectivity index (χ0) is 14.7. The van der Waals surface area contributed by atoms with E-state index in [0.29, 0.717) is 12.4 Å². The number of nitrogens with zero attached hydrogens (tertiary/aromatic N) is 1. The summed E-state index contributed by atoms with van der Waals surface area (Å²) < 4.78 is 0. The summed E-state index contributed by atoms with van der Waals surface area (Å²) in [6.45, 7) is 0.598. The van der Waals surface area contributed by atoms with E-state index in [0.717, 1.165) is 16.3 Å². The van der Waals surface area contributed by atoms with E-state index in [2.05, 4.69) is 10.3 Å². The molecule has 1 heterocycles. The zero-order valence-corrected chi connectivity index (χ0v) is 11.3. The number of carbonyl (C=O) groups is 1. The number of rotatable bonds is 4. The topological polar surface area (TPSA) is 62.2 Å². The number of pyridine rings is 1. The van der Waals surface area contributed by atoms with Gasteiger partial charge in [-0.1, -0.05) is 54.6 Å². The largest absolute Gasteiger partial charge is 0.477 e. The molecule has 4 nitrogen and oxygen atoms in total. The molecule has 0 saturated heterocycles. The number of nitrogens with one attached hydrogen (secondary N) is 1. The van der Waals surface area contributed by atoms with Gasteiger partial charge in [0.15, 0.2) is 5.69 Å². The number of carboxylic acid groups (broad SMARTS) is 1. The van der Waals surface area contributed by atoms with Crippen molar-refractivity contribution >= 4 is 22.6 Å². The Morgan fingerprint density at radius 2 is 1.76 bits per heavy atom. The first-order valence-electron chi connectivity index (χ1n) is 6.65. The van der Waals surface area contributed by atoms with Crippen LogP contribution >= 0.6 is 0 Å². The minimum atomic E-state index is -1.02. The summed E-state index contributed by atoms with van der Waals surface area (Å²) in [7, 11) is 0. The molecular weight excluding hydrogens is 264 g/mol. The summed E-state index contributed by atoms with van der Waals surface area (Å²) in [6.07, 6.45) is 0. The van der Waals surface area contributed by atoms with Crippen LogP contribution < -0.4 is 5.32 Å². The Hall–Kier alpha value is -2.88. The second kappa shape index (κ2) is 5.63. The average Bonchev–Trinajstić information content (AvgIpc) is 2.53. The molecule has 0 bridgehead atoms. The molecule has 0 atom stereocenters. The van der Waals surface area contributed by atoms with Gasteiger partial charge in [-0.05, 0) is 17.0 Å². The second-order valence-corrected chi connectivity index (χ2v) is 4.72. The van der Waals surface area contributed by atoms with Crippen molar-refractivity contribution in [3.63, 3.8) is 0 Å². The normalized spacial score (nSPS) is 10.5. The number of fused-ring (bicyclic) bond motifs is 1. The molecule has 3 aromatic rings. The Kier molecular flexibility index (Phi) is 3.51. The third-order valence-electron chi connectivity index (χ3n) is 3.26. The van der Waals surface area contributed by atoms with E-state index in [9.17, 15) is 4.79 Å². The van der Waals surface area contributed by atoms with Gasteiger partial charge in [0.1, 0.15) is 5.82 Å². The third-order valence-corrected chi connectivity index (χ3v) is 3.26. The van der Waals surface area contributed by atoms with Gasteiger partial charge in [-0.3, -0.25) is 0 Å². The van der Waals surface area contributed by atoms with Gasteiger partial charge < -0.3 is 10.4 Å². The summed E-state index contributed by atoms with van der Waals surface area (Å²) in [5.74, 6) is -0.433. The Labute approximate surface area is 122 Å². The number of anilines is 1. The maximum Gasteiger partial charge on any atom is 0.354 e. The molecule has 0 aliphatic carbocycles. The van der Waals surface area contributed by atoms with Gasteiger partial charge in [-0.25, -0.2) is 9.78 Å². The molecule has 0 amide bonds. The fraction of sp³-hybridized carbons (Fsp3) is 0.0588. The van der Waals surface area contributed by atoms with Crippen molar-refractivity contribution in [1.29, 1.82) is 0 Å². The molecule has 2 aromatic carbocycles. The molecule has 2 N–H and O–H groups in total. The first-order chi connectivity index (χ1) is 10.2. The highest BCUT2D eigenvalue weighted by Gasteiger charge is 2.10. The monoisotopic (exact) mass is 278 g/mol. The summed E-state index contributed by atoms with van der Waals surface area (Å²) in [6, 6.07) is 19.1. The Morgan fingerprint density at radius 3 is 2.52 bits per heavy atom. The number of aromatic carboxylic acids is 1. The molecule has 0 spiro atoms. The number of benzene rings is 2. The smallest absolute Gasteiger partial charge is 0.354 e. The number of carboxylic acids is 1. The lowest BCUT2D eigenvalue weighted by Crippen LogP contribution is -2.06. The fourth-order valence-electron chi connectivity index (χ4n) is 2.22. The molecular formula is C17H14N2O2. The quantitative estimate of drug-likeness (QED) is 0.766. The van der Waals surface area contributed by atoms with Crippen molar-refractivity contribution in [3.8, 4) is 0 Å². The minimum absolute atomic E-state index is 0.0456. The van der Waals surface area contributed by atoms with Gasteiger partial charge in [0.25, 0.3) is 0 Å². The van der Waals surface area contributed by atoms with Crippen molar-refractivity contribution in [2.24, 2.45) is 0 Å². The van der Waals surface area contributed by atoms with Crippen LogP contribution in [0, 0.1) is 0 Å². The van der Waals surface area contributed by atoms with Gasteiger partial charge in [0, 0.05) is 11.9 Å². The van der Waals surface area contributed by atoms with Crippen molar-refractivity contribution in [2.75, 3.05) is 5.32 Å². The van der Waals surface area contributed by atoms with Crippen LogP contribution in [-0.4, -0.2) is 16.1 Å². The molecule has 21 heavy (non-hydrogen) atoms. The molecule has 104 valence electrons. The SMILES string of the molecule is O=C(O)c1cc2ccccc2c(NCc2ccccc2)n1. The van der Waals surface area contributed by atoms with Crippen LogP contribution in [0.15, 0.2) is 60.7 Å². The van der Waals surface area contributed by atoms with Crippen molar-refractivity contribution < 1.29 is 9.90 Å². The van der Waals surface area contributed by atoms with E-state index in [1.165, 1.54) is 0 Å². The molecule has 0 aliphatic heterocycles. The van der Waals surface area contributed by atoms with E-state index < -0.39 is 5.97 Å². The lowest BCUT2D eigenvalue weighted by Gasteiger charge is -2.10. The van der Waals surface area contributed by atoms with Crippen LogP contribution in [0.5, 0.6) is 0 Å². The van der Waals surface area contributed by atoms with Crippen LogP contribution in [0.25, 0.3) is 10.8 Å². The molecule has 1 aromatic heterocycles. The van der Waals surface area contributed by atoms with Gasteiger partial charge in [-0.2, -0.15) is 0 Å². The Balaban J connectivity index is 1.98. The molecule has 0 aliphatic rings. The summed E-state index contributed by atoms with van der Waals surface area (Å²) in [5, 5.41) is 14.2. The van der Waals surface area contributed by atoms with Crippen LogP contribution in [0.4, 0.5) is 5.82 Å². The Morgan fingerprint density at radius 1 is 1.05 bits per heavy atom. The van der Waals surface area contributed by atoms with Crippen molar-refractivity contribution in [2.45, 2.75) is 6.54 Å². The van der Waals surface area contributed by atoms with Crippen LogP contribution in [-0.2, 0) is 6.54 Å². The number of hydrogen-bond acceptors (Lipinski definition) is 3. The van der Waals surface area contributed by atoms with Crippen molar-refractivity contribution in [3.05, 3.63) is 71.9 Å². The molecule has 3 rings (SSSR count). The minimum Gasteiger partial charge on any atom is -0.477 e. The molecule has 4 heteroatoms. The van der Waals surface area contributed by atoms with E-state index in [-0.39, 0.29) is 5.69 Å². The summed E-state index contributed by atoms with van der Waals surface area (Å²) in [4.78, 5) is 15.4. The molecule has 0 radical (unpaired) electrons. The van der Waals surface area contributed by atoms with E-state index in [4.69, 9.17) is 5.11 Å². The standard InChI is InChI=1S/C17H14N2O2/c20-17(21)15-10-13-8-4-5-9-14(13)16(19-15)18-11-12-6-2-1-3-7-12/h1-10H,11H2,(H,18,19)(H,20,21). The maximum atomic E-state index is 11.2. The number of hydrogen-bond donors (Lipinski definition) is 2. The average molecular weight is 278 g/mol. The van der Waals surface area contributed by atoms with Crippen LogP contribution in [0.3, 0.4) is 0 Å². The molecule has 0 saturated carbocycles. The lowest BCUT2D eigenvalue weighted by molar-refractivity contribution is 0.0691. The Bertz CT molecular complexity index is 785. The van der Waals surface area contributed by atoms with Gasteiger partial charge in [-0.15, -0.1) is 0 Å². The zero-order valence-electron chi connectivity index (χ0n) is 11.3. The number of aromatic nitrogens is 1. The third kappa shape index (κ3) is 2.84. The maximum absolute atomic E-state index is 11.2. The molecule has 0 unspecified atom stereocenters. The highest BCUT2D eigenvalue weighted by atomic mass is 16.4. The highest BCUT2D eigenvalue weighted by Crippen LogP contribution is 2.23. The molecule has 0 fully saturated rings. The van der Waals surface area contributed by atoms with Crippen molar-refractivity contribution in [1.82, 2.24) is 4.98 Å². The van der Waals surface area contributed by atoms with E-state index in [1.54, 1.807) is 6.07 Å². The van der Waals surface area contributed by atoms with Gasteiger partial charge in [0.2, 0.25) is 0 Å². The van der Waals surface area contributed by atoms with Gasteiger partial charge in [0.05, 0.1) is 0 Å². The summed E-state index contributed by atoms with van der Waals surface area (Å²) in [5.41, 5.74) is 1.16. The summed E-state index contributed by atoms with van der Waals surface area (Å²) >= 11 is 0. The first-order valence-corrected chi connectivity index (χ1v) is 6.65. The van der Waals surface area contributed by atoms with Crippen LogP contribution in [0.2, 0.25) is 0 Å². The lowest BCUT2D eigenvalue weighted by atomic mass is 10.1.